The van der Waals surface area contributed by atoms with Crippen molar-refractivity contribution in [3.8, 4) is 0 Å². The second kappa shape index (κ2) is 6.99. The fourth-order valence-corrected chi connectivity index (χ4v) is 2.39. The van der Waals surface area contributed by atoms with Crippen LogP contribution in [0.25, 0.3) is 0 Å². The highest BCUT2D eigenvalue weighted by atomic mass is 32.2. The van der Waals surface area contributed by atoms with E-state index in [9.17, 15) is 23.7 Å². The smallest absolute Gasteiger partial charge is 0.271 e. The van der Waals surface area contributed by atoms with Gasteiger partial charge in [-0.05, 0) is 24.3 Å². The first kappa shape index (κ1) is 15.9. The number of rotatable bonds is 5. The molecule has 2 aromatic carbocycles. The number of thioether (sulfide) groups is 1. The van der Waals surface area contributed by atoms with Gasteiger partial charge in [-0.15, -0.1) is 11.8 Å². The van der Waals surface area contributed by atoms with Crippen molar-refractivity contribution in [1.29, 1.82) is 0 Å². The van der Waals surface area contributed by atoms with Crippen LogP contribution in [-0.2, 0) is 4.79 Å². The molecule has 22 heavy (non-hydrogen) atoms. The van der Waals surface area contributed by atoms with E-state index in [1.54, 1.807) is 0 Å². The van der Waals surface area contributed by atoms with Gasteiger partial charge in [-0.3, -0.25) is 14.9 Å². The predicted octanol–water partition coefficient (Wildman–Crippen LogP) is 3.60. The summed E-state index contributed by atoms with van der Waals surface area (Å²) < 4.78 is 26.4. The number of carbonyl (C=O) groups excluding carboxylic acids is 1. The Labute approximate surface area is 128 Å². The summed E-state index contributed by atoms with van der Waals surface area (Å²) in [5.74, 6) is -1.84. The van der Waals surface area contributed by atoms with Crippen LogP contribution in [0.1, 0.15) is 0 Å². The zero-order valence-electron chi connectivity index (χ0n) is 11.1. The SMILES string of the molecule is O=C(CSc1cc(F)ccc1F)Nc1cccc([N+](=O)[O-])c1. The molecule has 0 aromatic heterocycles. The summed E-state index contributed by atoms with van der Waals surface area (Å²) in [6.07, 6.45) is 0. The molecule has 0 aliphatic carbocycles. The minimum Gasteiger partial charge on any atom is -0.325 e. The van der Waals surface area contributed by atoms with Gasteiger partial charge in [-0.1, -0.05) is 6.07 Å². The van der Waals surface area contributed by atoms with Crippen LogP contribution in [-0.4, -0.2) is 16.6 Å². The van der Waals surface area contributed by atoms with Gasteiger partial charge in [0.1, 0.15) is 11.6 Å². The number of anilines is 1. The van der Waals surface area contributed by atoms with Gasteiger partial charge in [0.25, 0.3) is 5.69 Å². The molecule has 8 heteroatoms. The molecule has 0 saturated heterocycles. The maximum atomic E-state index is 13.4. The standard InChI is InChI=1S/C14H10F2N2O3S/c15-9-4-5-12(16)13(6-9)22-8-14(19)17-10-2-1-3-11(7-10)18(20)21/h1-7H,8H2,(H,17,19). The molecule has 1 N–H and O–H groups in total. The van der Waals surface area contributed by atoms with Gasteiger partial charge in [0.2, 0.25) is 5.91 Å². The molecule has 0 unspecified atom stereocenters. The van der Waals surface area contributed by atoms with Crippen LogP contribution in [0.4, 0.5) is 20.2 Å². The number of hydrogen-bond donors (Lipinski definition) is 1. The highest BCUT2D eigenvalue weighted by molar-refractivity contribution is 8.00. The minimum absolute atomic E-state index is 0.0224. The van der Waals surface area contributed by atoms with Crippen molar-refractivity contribution in [2.75, 3.05) is 11.1 Å². The van der Waals surface area contributed by atoms with E-state index in [-0.39, 0.29) is 22.0 Å². The van der Waals surface area contributed by atoms with E-state index in [0.717, 1.165) is 30.0 Å². The topological polar surface area (TPSA) is 72.2 Å². The number of amides is 1. The lowest BCUT2D eigenvalue weighted by molar-refractivity contribution is -0.384. The summed E-state index contributed by atoms with van der Waals surface area (Å²) in [5, 5.41) is 13.1. The second-order valence-corrected chi connectivity index (χ2v) is 5.24. The molecular weight excluding hydrogens is 314 g/mol. The molecule has 0 fully saturated rings. The number of nitro groups is 1. The van der Waals surface area contributed by atoms with Gasteiger partial charge >= 0.3 is 0 Å². The van der Waals surface area contributed by atoms with Gasteiger partial charge in [-0.25, -0.2) is 8.78 Å². The number of benzene rings is 2. The molecule has 0 saturated carbocycles. The third kappa shape index (κ3) is 4.26. The Morgan fingerprint density at radius 3 is 2.73 bits per heavy atom. The van der Waals surface area contributed by atoms with Gasteiger partial charge in [0.05, 0.1) is 10.7 Å². The van der Waals surface area contributed by atoms with Crippen molar-refractivity contribution in [3.05, 3.63) is 64.2 Å². The molecule has 0 radical (unpaired) electrons. The Bertz CT molecular complexity index is 725. The van der Waals surface area contributed by atoms with Gasteiger partial charge < -0.3 is 5.32 Å². The van der Waals surface area contributed by atoms with E-state index in [0.29, 0.717) is 0 Å². The van der Waals surface area contributed by atoms with Crippen molar-refractivity contribution in [3.63, 3.8) is 0 Å². The summed E-state index contributed by atoms with van der Waals surface area (Å²) in [7, 11) is 0. The lowest BCUT2D eigenvalue weighted by atomic mass is 10.3. The van der Waals surface area contributed by atoms with Crippen LogP contribution in [0.15, 0.2) is 47.4 Å². The number of halogens is 2. The minimum atomic E-state index is -0.616. The van der Waals surface area contributed by atoms with E-state index in [2.05, 4.69) is 5.32 Å². The molecule has 0 heterocycles. The summed E-state index contributed by atoms with van der Waals surface area (Å²) >= 11 is 0.838. The predicted molar refractivity (Wildman–Crippen MR) is 78.8 cm³/mol. The monoisotopic (exact) mass is 324 g/mol. The fraction of sp³-hybridized carbons (Fsp3) is 0.0714. The Kier molecular flexibility index (Phi) is 5.05. The molecule has 114 valence electrons. The summed E-state index contributed by atoms with van der Waals surface area (Å²) in [5.41, 5.74) is 0.112. The van der Waals surface area contributed by atoms with Crippen molar-refractivity contribution >= 4 is 29.0 Å². The summed E-state index contributed by atoms with van der Waals surface area (Å²) in [6.45, 7) is 0. The number of nitro benzene ring substituents is 1. The largest absolute Gasteiger partial charge is 0.325 e. The molecule has 1 amide bonds. The Morgan fingerprint density at radius 2 is 2.00 bits per heavy atom. The molecular formula is C14H10F2N2O3S. The zero-order chi connectivity index (χ0) is 16.1. The van der Waals surface area contributed by atoms with Crippen LogP contribution in [0, 0.1) is 21.7 Å². The van der Waals surface area contributed by atoms with Crippen LogP contribution in [0.3, 0.4) is 0 Å². The van der Waals surface area contributed by atoms with Crippen LogP contribution >= 0.6 is 11.8 Å². The number of nitrogens with one attached hydrogen (secondary N) is 1. The first-order valence-electron chi connectivity index (χ1n) is 6.08. The Hall–Kier alpha value is -2.48. The molecule has 0 atom stereocenters. The molecule has 2 rings (SSSR count). The lowest BCUT2D eigenvalue weighted by Gasteiger charge is -2.06. The average molecular weight is 324 g/mol. The Morgan fingerprint density at radius 1 is 1.23 bits per heavy atom. The third-order valence-corrected chi connectivity index (χ3v) is 3.62. The van der Waals surface area contributed by atoms with E-state index in [1.165, 1.54) is 24.3 Å². The Balaban J connectivity index is 1.97. The van der Waals surface area contributed by atoms with E-state index >= 15 is 0 Å². The van der Waals surface area contributed by atoms with Crippen molar-refractivity contribution in [2.24, 2.45) is 0 Å². The van der Waals surface area contributed by atoms with Gasteiger partial charge in [-0.2, -0.15) is 0 Å². The molecule has 0 aliphatic rings. The maximum Gasteiger partial charge on any atom is 0.271 e. The van der Waals surface area contributed by atoms with Crippen LogP contribution in [0.2, 0.25) is 0 Å². The first-order valence-corrected chi connectivity index (χ1v) is 7.06. The van der Waals surface area contributed by atoms with Crippen LogP contribution < -0.4 is 5.32 Å². The molecule has 0 bridgehead atoms. The first-order chi connectivity index (χ1) is 10.5. The number of hydrogen-bond acceptors (Lipinski definition) is 4. The van der Waals surface area contributed by atoms with Gasteiger partial charge in [0.15, 0.2) is 0 Å². The molecule has 0 spiro atoms. The van der Waals surface area contributed by atoms with E-state index < -0.39 is 22.5 Å². The van der Waals surface area contributed by atoms with E-state index in [1.807, 2.05) is 0 Å². The highest BCUT2D eigenvalue weighted by Gasteiger charge is 2.10. The molecule has 0 aliphatic heterocycles. The molecule has 5 nitrogen and oxygen atoms in total. The van der Waals surface area contributed by atoms with Crippen molar-refractivity contribution < 1.29 is 18.5 Å². The van der Waals surface area contributed by atoms with Crippen molar-refractivity contribution in [1.82, 2.24) is 0 Å². The number of nitrogens with zero attached hydrogens (tertiary/aromatic N) is 1. The molecule has 2 aromatic rings. The fourth-order valence-electron chi connectivity index (χ4n) is 1.63. The third-order valence-electron chi connectivity index (χ3n) is 2.59. The van der Waals surface area contributed by atoms with Gasteiger partial charge in [0, 0.05) is 22.7 Å². The quantitative estimate of drug-likeness (QED) is 0.518. The average Bonchev–Trinajstić information content (AvgIpc) is 2.48. The summed E-state index contributed by atoms with van der Waals surface area (Å²) in [4.78, 5) is 21.8. The normalized spacial score (nSPS) is 10.3. The lowest BCUT2D eigenvalue weighted by Crippen LogP contribution is -2.14. The van der Waals surface area contributed by atoms with Crippen molar-refractivity contribution in [2.45, 2.75) is 4.90 Å². The number of non-ortho nitro benzene ring substituents is 1. The summed E-state index contributed by atoms with van der Waals surface area (Å²) in [6, 6.07) is 8.42. The van der Waals surface area contributed by atoms with E-state index in [4.69, 9.17) is 0 Å². The number of carbonyl (C=O) groups is 1. The maximum absolute atomic E-state index is 13.4. The zero-order valence-corrected chi connectivity index (χ0v) is 11.9. The second-order valence-electron chi connectivity index (χ2n) is 4.22. The highest BCUT2D eigenvalue weighted by Crippen LogP contribution is 2.23. The van der Waals surface area contributed by atoms with Crippen LogP contribution in [0.5, 0.6) is 0 Å².